The van der Waals surface area contributed by atoms with Gasteiger partial charge in [-0.1, -0.05) is 23.9 Å². The molecule has 0 unspecified atom stereocenters. The van der Waals surface area contributed by atoms with E-state index in [2.05, 4.69) is 0 Å². The van der Waals surface area contributed by atoms with Crippen molar-refractivity contribution in [3.8, 4) is 6.07 Å². The second-order valence-corrected chi connectivity index (χ2v) is 6.40. The van der Waals surface area contributed by atoms with Crippen molar-refractivity contribution in [2.45, 2.75) is 4.90 Å². The molecule has 8 heteroatoms. The van der Waals surface area contributed by atoms with Crippen LogP contribution in [0.25, 0.3) is 0 Å². The van der Waals surface area contributed by atoms with Crippen molar-refractivity contribution in [3.63, 3.8) is 0 Å². The van der Waals surface area contributed by atoms with E-state index in [-0.39, 0.29) is 11.1 Å². The third-order valence-corrected chi connectivity index (χ3v) is 4.95. The lowest BCUT2D eigenvalue weighted by Crippen LogP contribution is -2.25. The van der Waals surface area contributed by atoms with Gasteiger partial charge in [-0.15, -0.1) is 0 Å². The van der Waals surface area contributed by atoms with Gasteiger partial charge in [-0.25, -0.2) is 4.79 Å². The Kier molecular flexibility index (Phi) is 4.91. The Hall–Kier alpha value is -3.31. The van der Waals surface area contributed by atoms with E-state index in [0.29, 0.717) is 9.76 Å². The lowest BCUT2D eigenvalue weighted by atomic mass is 10.2. The Morgan fingerprint density at radius 1 is 1.27 bits per heavy atom. The van der Waals surface area contributed by atoms with Gasteiger partial charge in [-0.05, 0) is 12.1 Å². The quantitative estimate of drug-likeness (QED) is 0.268. The molecule has 0 N–H and O–H groups in total. The van der Waals surface area contributed by atoms with Crippen molar-refractivity contribution >= 4 is 29.2 Å². The number of hydrogen-bond acceptors (Lipinski definition) is 7. The number of nitriles is 1. The van der Waals surface area contributed by atoms with Crippen LogP contribution in [0.5, 0.6) is 0 Å². The summed E-state index contributed by atoms with van der Waals surface area (Å²) in [4.78, 5) is 27.0. The minimum absolute atomic E-state index is 0.0630. The number of carbonyl (C=O) groups is 2. The molecule has 0 amide bonds. The second-order valence-electron chi connectivity index (χ2n) is 5.37. The number of hydrogen-bond donors (Lipinski definition) is 0. The highest BCUT2D eigenvalue weighted by Gasteiger charge is 2.28. The first-order valence-electron chi connectivity index (χ1n) is 7.55. The van der Waals surface area contributed by atoms with Gasteiger partial charge in [-0.3, -0.25) is 4.79 Å². The fraction of sp³-hybridized carbons (Fsp3) is 0.111. The van der Waals surface area contributed by atoms with Crippen LogP contribution in [0, 0.1) is 16.5 Å². The van der Waals surface area contributed by atoms with E-state index in [1.165, 1.54) is 23.9 Å². The van der Waals surface area contributed by atoms with Crippen molar-refractivity contribution in [2.24, 2.45) is 0 Å². The number of thioether (sulfide) groups is 1. The molecule has 26 heavy (non-hydrogen) atoms. The predicted molar refractivity (Wildman–Crippen MR) is 94.0 cm³/mol. The number of nitrogens with zero attached hydrogens (tertiary/aromatic N) is 3. The number of rotatable bonds is 4. The molecule has 1 aliphatic heterocycles. The third-order valence-electron chi connectivity index (χ3n) is 3.71. The smallest absolute Gasteiger partial charge is 0.339 e. The van der Waals surface area contributed by atoms with Crippen LogP contribution in [0.2, 0.25) is 0 Å². The molecule has 0 saturated heterocycles. The van der Waals surface area contributed by atoms with Gasteiger partial charge in [0.25, 0.3) is 0 Å². The number of para-hydroxylation sites is 1. The molecule has 7 nitrogen and oxygen atoms in total. The summed E-state index contributed by atoms with van der Waals surface area (Å²) in [6.07, 6.45) is 2.31. The van der Waals surface area contributed by atoms with Crippen LogP contribution in [-0.4, -0.2) is 25.4 Å². The minimum atomic E-state index is -0.739. The predicted octanol–water partition coefficient (Wildman–Crippen LogP) is 2.02. The van der Waals surface area contributed by atoms with Crippen LogP contribution < -0.4 is 9.63 Å². The van der Waals surface area contributed by atoms with Gasteiger partial charge in [0, 0.05) is 24.1 Å². The van der Waals surface area contributed by atoms with E-state index in [1.807, 2.05) is 30.3 Å². The van der Waals surface area contributed by atoms with Crippen LogP contribution in [0.1, 0.15) is 10.4 Å². The molecule has 2 heterocycles. The Morgan fingerprint density at radius 2 is 1.96 bits per heavy atom. The summed E-state index contributed by atoms with van der Waals surface area (Å²) < 4.78 is 5.50. The molecule has 0 fully saturated rings. The monoisotopic (exact) mass is 367 g/mol. The topological polar surface area (TPSA) is 97.3 Å². The average molecular weight is 367 g/mol. The normalized spacial score (nSPS) is 14.4. The van der Waals surface area contributed by atoms with E-state index in [4.69, 9.17) is 4.74 Å². The van der Waals surface area contributed by atoms with Crippen LogP contribution in [0.3, 0.4) is 0 Å². The third kappa shape index (κ3) is 3.38. The first kappa shape index (κ1) is 17.5. The molecule has 0 bridgehead atoms. The first-order valence-corrected chi connectivity index (χ1v) is 8.37. The maximum absolute atomic E-state index is 12.4. The number of aromatic nitrogens is 1. The Labute approximate surface area is 153 Å². The molecule has 1 aromatic carbocycles. The summed E-state index contributed by atoms with van der Waals surface area (Å²) in [6.45, 7) is -0.553. The largest absolute Gasteiger partial charge is 0.619 e. The number of ketones is 1. The van der Waals surface area contributed by atoms with Crippen molar-refractivity contribution in [2.75, 3.05) is 18.6 Å². The zero-order valence-electron chi connectivity index (χ0n) is 13.7. The second kappa shape index (κ2) is 7.29. The standard InChI is InChI=1S/C18H13N3O4S/c1-20-14-4-2-3-5-16(14)26-17(20)13(10-19)15(22)11-25-18(23)12-6-8-21(24)9-7-12/h2-9H,11H2,1H3/b17-13-. The number of Topliss-reactive ketones (excluding diaryl/α,β-unsaturated/α-hetero) is 1. The maximum Gasteiger partial charge on any atom is 0.339 e. The van der Waals surface area contributed by atoms with Crippen molar-refractivity contribution in [1.82, 2.24) is 0 Å². The van der Waals surface area contributed by atoms with Gasteiger partial charge >= 0.3 is 5.97 Å². The van der Waals surface area contributed by atoms with Gasteiger partial charge in [0.2, 0.25) is 5.78 Å². The zero-order valence-corrected chi connectivity index (χ0v) is 14.5. The summed E-state index contributed by atoms with van der Waals surface area (Å²) in [7, 11) is 1.77. The minimum Gasteiger partial charge on any atom is -0.619 e. The number of anilines is 1. The Bertz CT molecular complexity index is 948. The summed E-state index contributed by atoms with van der Waals surface area (Å²) in [5.41, 5.74) is 0.989. The van der Waals surface area contributed by atoms with Crippen molar-refractivity contribution in [1.29, 1.82) is 5.26 Å². The summed E-state index contributed by atoms with van der Waals surface area (Å²) in [5, 5.41) is 20.9. The van der Waals surface area contributed by atoms with Crippen molar-refractivity contribution < 1.29 is 19.1 Å². The summed E-state index contributed by atoms with van der Waals surface area (Å²) >= 11 is 1.32. The van der Waals surface area contributed by atoms with E-state index in [0.717, 1.165) is 23.0 Å². The highest BCUT2D eigenvalue weighted by Crippen LogP contribution is 2.46. The number of benzene rings is 1. The van der Waals surface area contributed by atoms with Crippen LogP contribution >= 0.6 is 11.8 Å². The molecule has 0 atom stereocenters. The molecule has 0 aliphatic carbocycles. The lowest BCUT2D eigenvalue weighted by Gasteiger charge is -2.14. The molecule has 130 valence electrons. The van der Waals surface area contributed by atoms with Gasteiger partial charge in [0.05, 0.1) is 11.3 Å². The highest BCUT2D eigenvalue weighted by atomic mass is 32.2. The van der Waals surface area contributed by atoms with Crippen molar-refractivity contribution in [3.05, 3.63) is 70.2 Å². The highest BCUT2D eigenvalue weighted by molar-refractivity contribution is 8.03. The number of esters is 1. The molecule has 1 aliphatic rings. The van der Waals surface area contributed by atoms with Crippen LogP contribution in [0.15, 0.2) is 64.3 Å². The zero-order chi connectivity index (χ0) is 18.7. The molecular formula is C18H13N3O4S. The Morgan fingerprint density at radius 3 is 2.62 bits per heavy atom. The average Bonchev–Trinajstić information content (AvgIpc) is 2.98. The molecule has 3 rings (SSSR count). The number of carbonyl (C=O) groups excluding carboxylic acids is 2. The van der Waals surface area contributed by atoms with Crippen LogP contribution in [-0.2, 0) is 9.53 Å². The molecule has 2 aromatic rings. The lowest BCUT2D eigenvalue weighted by molar-refractivity contribution is -0.605. The first-order chi connectivity index (χ1) is 12.5. The van der Waals surface area contributed by atoms with Crippen LogP contribution in [0.4, 0.5) is 5.69 Å². The Balaban J connectivity index is 1.73. The molecule has 0 saturated carbocycles. The SMILES string of the molecule is CN1/C(=C(\C#N)C(=O)COC(=O)c2cc[n+]([O-])cc2)Sc2ccccc21. The van der Waals surface area contributed by atoms with Gasteiger partial charge < -0.3 is 14.8 Å². The molecule has 0 radical (unpaired) electrons. The van der Waals surface area contributed by atoms with E-state index >= 15 is 0 Å². The number of pyridine rings is 1. The van der Waals surface area contributed by atoms with E-state index in [1.54, 1.807) is 11.9 Å². The fourth-order valence-corrected chi connectivity index (χ4v) is 3.55. The van der Waals surface area contributed by atoms with Gasteiger partial charge in [-0.2, -0.15) is 9.99 Å². The number of fused-ring (bicyclic) bond motifs is 1. The molecular weight excluding hydrogens is 354 g/mol. The molecule has 0 spiro atoms. The van der Waals surface area contributed by atoms with Gasteiger partial charge in [0.1, 0.15) is 16.7 Å². The molecule has 1 aromatic heterocycles. The number of ether oxygens (including phenoxy) is 1. The van der Waals surface area contributed by atoms with E-state index in [9.17, 15) is 20.1 Å². The van der Waals surface area contributed by atoms with Gasteiger partial charge in [0.15, 0.2) is 19.0 Å². The fourth-order valence-electron chi connectivity index (χ4n) is 2.39. The summed E-state index contributed by atoms with van der Waals surface area (Å²) in [6, 6.07) is 12.0. The summed E-state index contributed by atoms with van der Waals surface area (Å²) in [5.74, 6) is -1.32. The maximum atomic E-state index is 12.4. The van der Waals surface area contributed by atoms with E-state index < -0.39 is 18.4 Å².